The highest BCUT2D eigenvalue weighted by Gasteiger charge is 2.41. The van der Waals surface area contributed by atoms with Gasteiger partial charge in [0, 0.05) is 13.2 Å². The minimum absolute atomic E-state index is 0.215. The Morgan fingerprint density at radius 3 is 2.22 bits per heavy atom. The number of rotatable bonds is 5. The lowest BCUT2D eigenvalue weighted by atomic mass is 9.93. The number of carbonyl (C=O) groups is 1. The standard InChI is InChI=1S/C14H27NO3/c1-11(17-3)14(2,13(16)18-4)15-12-9-7-5-6-8-10-12/h11-12,15H,5-10H2,1-4H3. The van der Waals surface area contributed by atoms with Crippen molar-refractivity contribution in [2.45, 2.75) is 70.1 Å². The Balaban J connectivity index is 2.73. The van der Waals surface area contributed by atoms with Crippen LogP contribution in [0.4, 0.5) is 0 Å². The third-order valence-corrected chi connectivity index (χ3v) is 4.14. The maximum Gasteiger partial charge on any atom is 0.328 e. The molecule has 4 heteroatoms. The molecular formula is C14H27NO3. The smallest absolute Gasteiger partial charge is 0.328 e. The number of hydrogen-bond acceptors (Lipinski definition) is 4. The Hall–Kier alpha value is -0.610. The average Bonchev–Trinajstić information content (AvgIpc) is 2.64. The zero-order chi connectivity index (χ0) is 13.6. The van der Waals surface area contributed by atoms with Gasteiger partial charge in [-0.1, -0.05) is 25.7 Å². The molecule has 0 amide bonds. The Labute approximate surface area is 110 Å². The fraction of sp³-hybridized carbons (Fsp3) is 0.929. The van der Waals surface area contributed by atoms with Gasteiger partial charge in [0.05, 0.1) is 13.2 Å². The second-order valence-electron chi connectivity index (χ2n) is 5.40. The van der Waals surface area contributed by atoms with Gasteiger partial charge in [-0.25, -0.2) is 4.79 Å². The van der Waals surface area contributed by atoms with Gasteiger partial charge in [-0.05, 0) is 26.7 Å². The van der Waals surface area contributed by atoms with E-state index in [4.69, 9.17) is 9.47 Å². The molecule has 0 aliphatic heterocycles. The molecule has 0 heterocycles. The molecule has 0 radical (unpaired) electrons. The summed E-state index contributed by atoms with van der Waals surface area (Å²) in [6.07, 6.45) is 7.10. The monoisotopic (exact) mass is 257 g/mol. The van der Waals surface area contributed by atoms with E-state index in [9.17, 15) is 4.79 Å². The van der Waals surface area contributed by atoms with Crippen molar-refractivity contribution >= 4 is 5.97 Å². The molecule has 1 rings (SSSR count). The summed E-state index contributed by atoms with van der Waals surface area (Å²) in [6.45, 7) is 3.78. The van der Waals surface area contributed by atoms with Crippen LogP contribution >= 0.6 is 0 Å². The molecule has 0 spiro atoms. The summed E-state index contributed by atoms with van der Waals surface area (Å²) in [5.74, 6) is -0.249. The molecule has 2 atom stereocenters. The van der Waals surface area contributed by atoms with Crippen molar-refractivity contribution in [1.29, 1.82) is 0 Å². The third-order valence-electron chi connectivity index (χ3n) is 4.14. The van der Waals surface area contributed by atoms with E-state index in [0.29, 0.717) is 6.04 Å². The number of nitrogens with one attached hydrogen (secondary N) is 1. The van der Waals surface area contributed by atoms with Gasteiger partial charge in [0.15, 0.2) is 0 Å². The lowest BCUT2D eigenvalue weighted by Gasteiger charge is -2.36. The van der Waals surface area contributed by atoms with Crippen molar-refractivity contribution in [1.82, 2.24) is 5.32 Å². The molecule has 18 heavy (non-hydrogen) atoms. The lowest BCUT2D eigenvalue weighted by molar-refractivity contribution is -0.154. The van der Waals surface area contributed by atoms with Gasteiger partial charge in [-0.2, -0.15) is 0 Å². The van der Waals surface area contributed by atoms with Crippen molar-refractivity contribution in [3.05, 3.63) is 0 Å². The number of ether oxygens (including phenoxy) is 2. The number of carbonyl (C=O) groups excluding carboxylic acids is 1. The first-order valence-corrected chi connectivity index (χ1v) is 6.93. The topological polar surface area (TPSA) is 47.6 Å². The van der Waals surface area contributed by atoms with Crippen LogP contribution in [0.15, 0.2) is 0 Å². The minimum atomic E-state index is -0.765. The van der Waals surface area contributed by atoms with Crippen LogP contribution in [0.1, 0.15) is 52.4 Å². The van der Waals surface area contributed by atoms with Gasteiger partial charge in [0.25, 0.3) is 0 Å². The van der Waals surface area contributed by atoms with E-state index < -0.39 is 5.54 Å². The summed E-state index contributed by atoms with van der Waals surface area (Å²) >= 11 is 0. The van der Waals surface area contributed by atoms with Gasteiger partial charge in [-0.15, -0.1) is 0 Å². The molecule has 1 aliphatic rings. The minimum Gasteiger partial charge on any atom is -0.468 e. The molecule has 0 aromatic heterocycles. The van der Waals surface area contributed by atoms with E-state index in [-0.39, 0.29) is 12.1 Å². The molecule has 2 unspecified atom stereocenters. The quantitative estimate of drug-likeness (QED) is 0.606. The molecule has 1 N–H and O–H groups in total. The zero-order valence-electron chi connectivity index (χ0n) is 12.1. The van der Waals surface area contributed by atoms with Crippen LogP contribution in [0.5, 0.6) is 0 Å². The fourth-order valence-electron chi connectivity index (χ4n) is 2.64. The van der Waals surface area contributed by atoms with Crippen molar-refractivity contribution in [2.24, 2.45) is 0 Å². The van der Waals surface area contributed by atoms with Crippen LogP contribution in [-0.2, 0) is 14.3 Å². The Bertz CT molecular complexity index is 262. The summed E-state index contributed by atoms with van der Waals surface area (Å²) in [4.78, 5) is 12.0. The molecule has 0 aromatic rings. The van der Waals surface area contributed by atoms with Crippen LogP contribution in [-0.4, -0.2) is 37.9 Å². The molecule has 1 saturated carbocycles. The fourth-order valence-corrected chi connectivity index (χ4v) is 2.64. The van der Waals surface area contributed by atoms with Gasteiger partial charge < -0.3 is 9.47 Å². The highest BCUT2D eigenvalue weighted by atomic mass is 16.5. The van der Waals surface area contributed by atoms with Crippen LogP contribution in [0.25, 0.3) is 0 Å². The number of esters is 1. The molecule has 1 aliphatic carbocycles. The predicted octanol–water partition coefficient (Wildman–Crippen LogP) is 2.27. The maximum absolute atomic E-state index is 12.0. The van der Waals surface area contributed by atoms with E-state index in [0.717, 1.165) is 12.8 Å². The van der Waals surface area contributed by atoms with E-state index in [2.05, 4.69) is 5.32 Å². The average molecular weight is 257 g/mol. The predicted molar refractivity (Wildman–Crippen MR) is 71.5 cm³/mol. The molecule has 0 saturated heterocycles. The van der Waals surface area contributed by atoms with Gasteiger partial charge in [0.1, 0.15) is 5.54 Å². The Morgan fingerprint density at radius 1 is 1.22 bits per heavy atom. The third kappa shape index (κ3) is 3.69. The Morgan fingerprint density at radius 2 is 1.78 bits per heavy atom. The largest absolute Gasteiger partial charge is 0.468 e. The van der Waals surface area contributed by atoms with Gasteiger partial charge >= 0.3 is 5.97 Å². The van der Waals surface area contributed by atoms with Gasteiger partial charge in [0.2, 0.25) is 0 Å². The van der Waals surface area contributed by atoms with Crippen molar-refractivity contribution in [3.63, 3.8) is 0 Å². The SMILES string of the molecule is COC(=O)C(C)(NC1CCCCCC1)C(C)OC. The lowest BCUT2D eigenvalue weighted by Crippen LogP contribution is -2.61. The summed E-state index contributed by atoms with van der Waals surface area (Å²) in [5, 5.41) is 3.47. The highest BCUT2D eigenvalue weighted by Crippen LogP contribution is 2.22. The highest BCUT2D eigenvalue weighted by molar-refractivity contribution is 5.81. The van der Waals surface area contributed by atoms with E-state index >= 15 is 0 Å². The first kappa shape index (κ1) is 15.4. The first-order chi connectivity index (χ1) is 8.54. The first-order valence-electron chi connectivity index (χ1n) is 6.93. The molecule has 0 aromatic carbocycles. The van der Waals surface area contributed by atoms with Crippen LogP contribution < -0.4 is 5.32 Å². The summed E-state index contributed by atoms with van der Waals surface area (Å²) in [6, 6.07) is 0.384. The van der Waals surface area contributed by atoms with E-state index in [1.807, 2.05) is 13.8 Å². The zero-order valence-corrected chi connectivity index (χ0v) is 12.1. The van der Waals surface area contributed by atoms with E-state index in [1.54, 1.807) is 7.11 Å². The number of hydrogen-bond donors (Lipinski definition) is 1. The van der Waals surface area contributed by atoms with Crippen LogP contribution in [0, 0.1) is 0 Å². The van der Waals surface area contributed by atoms with Crippen LogP contribution in [0.2, 0.25) is 0 Å². The molecule has 0 bridgehead atoms. The summed E-state index contributed by atoms with van der Waals surface area (Å²) in [7, 11) is 3.05. The molecule has 4 nitrogen and oxygen atoms in total. The normalized spacial score (nSPS) is 22.9. The Kier molecular flexibility index (Phi) is 6.09. The second kappa shape index (κ2) is 7.10. The van der Waals surface area contributed by atoms with Crippen molar-refractivity contribution in [2.75, 3.05) is 14.2 Å². The van der Waals surface area contributed by atoms with Gasteiger partial charge in [-0.3, -0.25) is 5.32 Å². The molecule has 106 valence electrons. The second-order valence-corrected chi connectivity index (χ2v) is 5.40. The number of methoxy groups -OCH3 is 2. The molecular weight excluding hydrogens is 230 g/mol. The van der Waals surface area contributed by atoms with Crippen molar-refractivity contribution < 1.29 is 14.3 Å². The van der Waals surface area contributed by atoms with E-state index in [1.165, 1.54) is 32.8 Å². The van der Waals surface area contributed by atoms with Crippen LogP contribution in [0.3, 0.4) is 0 Å². The van der Waals surface area contributed by atoms with Crippen molar-refractivity contribution in [3.8, 4) is 0 Å². The summed E-state index contributed by atoms with van der Waals surface area (Å²) < 4.78 is 10.3. The molecule has 1 fully saturated rings. The maximum atomic E-state index is 12.0. The summed E-state index contributed by atoms with van der Waals surface area (Å²) in [5.41, 5.74) is -0.765.